The zero-order valence-corrected chi connectivity index (χ0v) is 17.7. The molecule has 2 aromatic rings. The van der Waals surface area contributed by atoms with Crippen molar-refractivity contribution < 1.29 is 22.8 Å². The molecule has 1 aliphatic rings. The van der Waals surface area contributed by atoms with E-state index in [0.29, 0.717) is 5.56 Å². The Morgan fingerprint density at radius 2 is 1.35 bits per heavy atom. The number of hydrogen-bond donors (Lipinski definition) is 2. The van der Waals surface area contributed by atoms with E-state index < -0.39 is 21.8 Å². The number of benzene rings is 2. The molecule has 0 unspecified atom stereocenters. The third kappa shape index (κ3) is 5.89. The van der Waals surface area contributed by atoms with Gasteiger partial charge in [0.25, 0.3) is 5.91 Å². The van der Waals surface area contributed by atoms with Crippen molar-refractivity contribution in [3.05, 3.63) is 66.2 Å². The maximum absolute atomic E-state index is 12.6. The lowest BCUT2D eigenvalue weighted by Crippen LogP contribution is -2.50. The molecule has 0 bridgehead atoms. The van der Waals surface area contributed by atoms with Gasteiger partial charge in [-0.05, 0) is 24.3 Å². The average molecular weight is 445 g/mol. The highest BCUT2D eigenvalue weighted by Crippen LogP contribution is 2.17. The van der Waals surface area contributed by atoms with Crippen LogP contribution in [0.3, 0.4) is 0 Å². The molecule has 2 aromatic carbocycles. The molecule has 0 atom stereocenters. The first-order valence-electron chi connectivity index (χ1n) is 9.85. The molecule has 2 N–H and O–H groups in total. The quantitative estimate of drug-likeness (QED) is 0.639. The Labute approximate surface area is 181 Å². The Morgan fingerprint density at radius 1 is 0.774 bits per heavy atom. The molecule has 3 amide bonds. The minimum Gasteiger partial charge on any atom is -0.340 e. The van der Waals surface area contributed by atoms with Crippen LogP contribution >= 0.6 is 0 Å². The van der Waals surface area contributed by atoms with Gasteiger partial charge in [-0.3, -0.25) is 25.2 Å². The summed E-state index contributed by atoms with van der Waals surface area (Å²) in [4.78, 5) is 38.0. The van der Waals surface area contributed by atoms with Crippen molar-refractivity contribution in [2.75, 3.05) is 26.2 Å². The first kappa shape index (κ1) is 22.4. The van der Waals surface area contributed by atoms with Crippen molar-refractivity contribution in [3.63, 3.8) is 0 Å². The van der Waals surface area contributed by atoms with Crippen LogP contribution in [0.25, 0.3) is 0 Å². The Morgan fingerprint density at radius 3 is 1.97 bits per heavy atom. The monoisotopic (exact) mass is 444 g/mol. The molecule has 0 aromatic heterocycles. The van der Waals surface area contributed by atoms with Gasteiger partial charge in [0.15, 0.2) is 0 Å². The van der Waals surface area contributed by atoms with E-state index in [-0.39, 0.29) is 49.8 Å². The van der Waals surface area contributed by atoms with E-state index in [2.05, 4.69) is 10.9 Å². The lowest BCUT2D eigenvalue weighted by Gasteiger charge is -2.34. The second kappa shape index (κ2) is 10.2. The Hall–Kier alpha value is -3.24. The number of amides is 3. The van der Waals surface area contributed by atoms with E-state index in [1.807, 2.05) is 0 Å². The molecule has 10 heteroatoms. The number of hydrogen-bond acceptors (Lipinski definition) is 5. The van der Waals surface area contributed by atoms with Gasteiger partial charge in [-0.25, -0.2) is 8.42 Å². The summed E-state index contributed by atoms with van der Waals surface area (Å²) in [5.74, 6) is -1.17. The SMILES string of the molecule is O=C(CCC(=O)N1CCN(S(=O)(=O)c2ccccc2)CC1)NNC(=O)c1ccccc1. The van der Waals surface area contributed by atoms with Crippen LogP contribution in [-0.2, 0) is 19.6 Å². The van der Waals surface area contributed by atoms with Crippen LogP contribution in [0.2, 0.25) is 0 Å². The van der Waals surface area contributed by atoms with E-state index in [1.165, 1.54) is 4.31 Å². The molecule has 0 aliphatic carbocycles. The molecule has 0 radical (unpaired) electrons. The average Bonchev–Trinajstić information content (AvgIpc) is 2.82. The molecule has 1 heterocycles. The van der Waals surface area contributed by atoms with Gasteiger partial charge >= 0.3 is 0 Å². The lowest BCUT2D eigenvalue weighted by molar-refractivity contribution is -0.134. The number of hydrazine groups is 1. The van der Waals surface area contributed by atoms with Gasteiger partial charge in [-0.1, -0.05) is 36.4 Å². The smallest absolute Gasteiger partial charge is 0.269 e. The van der Waals surface area contributed by atoms with Gasteiger partial charge in [-0.2, -0.15) is 4.31 Å². The van der Waals surface area contributed by atoms with Crippen LogP contribution in [0.1, 0.15) is 23.2 Å². The van der Waals surface area contributed by atoms with Gasteiger partial charge in [0, 0.05) is 44.6 Å². The fraction of sp³-hybridized carbons (Fsp3) is 0.286. The summed E-state index contributed by atoms with van der Waals surface area (Å²) in [5.41, 5.74) is 5.00. The molecule has 1 saturated heterocycles. The zero-order chi connectivity index (χ0) is 22.3. The summed E-state index contributed by atoms with van der Waals surface area (Å²) >= 11 is 0. The number of sulfonamides is 1. The highest BCUT2D eigenvalue weighted by Gasteiger charge is 2.29. The van der Waals surface area contributed by atoms with E-state index in [9.17, 15) is 22.8 Å². The normalized spacial score (nSPS) is 14.6. The van der Waals surface area contributed by atoms with Gasteiger partial charge in [0.2, 0.25) is 21.8 Å². The topological polar surface area (TPSA) is 116 Å². The van der Waals surface area contributed by atoms with Gasteiger partial charge in [0.05, 0.1) is 4.90 Å². The summed E-state index contributed by atoms with van der Waals surface area (Å²) < 4.78 is 26.6. The van der Waals surface area contributed by atoms with Gasteiger partial charge in [0.1, 0.15) is 0 Å². The Bertz CT molecular complexity index is 1020. The van der Waals surface area contributed by atoms with Crippen LogP contribution < -0.4 is 10.9 Å². The first-order chi connectivity index (χ1) is 14.9. The third-order valence-corrected chi connectivity index (χ3v) is 6.80. The molecular weight excluding hydrogens is 420 g/mol. The van der Waals surface area contributed by atoms with Crippen molar-refractivity contribution in [2.45, 2.75) is 17.7 Å². The predicted octanol–water partition coefficient (Wildman–Crippen LogP) is 0.761. The van der Waals surface area contributed by atoms with E-state index in [1.54, 1.807) is 65.6 Å². The number of carbonyl (C=O) groups excluding carboxylic acids is 3. The number of piperazine rings is 1. The van der Waals surface area contributed by atoms with E-state index in [0.717, 1.165) is 0 Å². The summed E-state index contributed by atoms with van der Waals surface area (Å²) in [6.07, 6.45) is -0.116. The van der Waals surface area contributed by atoms with Crippen molar-refractivity contribution >= 4 is 27.7 Å². The van der Waals surface area contributed by atoms with Crippen molar-refractivity contribution in [1.82, 2.24) is 20.1 Å². The molecule has 1 fully saturated rings. The van der Waals surface area contributed by atoms with Crippen LogP contribution in [0.5, 0.6) is 0 Å². The van der Waals surface area contributed by atoms with Crippen LogP contribution in [0, 0.1) is 0 Å². The van der Waals surface area contributed by atoms with Crippen LogP contribution in [-0.4, -0.2) is 61.5 Å². The number of nitrogens with one attached hydrogen (secondary N) is 2. The highest BCUT2D eigenvalue weighted by molar-refractivity contribution is 7.89. The Balaban J connectivity index is 1.41. The van der Waals surface area contributed by atoms with E-state index >= 15 is 0 Å². The largest absolute Gasteiger partial charge is 0.340 e. The van der Waals surface area contributed by atoms with Crippen molar-refractivity contribution in [1.29, 1.82) is 0 Å². The number of nitrogens with zero attached hydrogens (tertiary/aromatic N) is 2. The molecule has 0 spiro atoms. The van der Waals surface area contributed by atoms with Crippen molar-refractivity contribution in [2.24, 2.45) is 0 Å². The molecule has 1 aliphatic heterocycles. The fourth-order valence-corrected chi connectivity index (χ4v) is 4.59. The fourth-order valence-electron chi connectivity index (χ4n) is 3.15. The maximum Gasteiger partial charge on any atom is 0.269 e. The zero-order valence-electron chi connectivity index (χ0n) is 16.9. The predicted molar refractivity (Wildman–Crippen MR) is 113 cm³/mol. The molecule has 9 nitrogen and oxygen atoms in total. The number of carbonyl (C=O) groups is 3. The maximum atomic E-state index is 12.6. The second-order valence-electron chi connectivity index (χ2n) is 6.97. The Kier molecular flexibility index (Phi) is 7.37. The minimum atomic E-state index is -3.58. The summed E-state index contributed by atoms with van der Waals surface area (Å²) in [6.45, 7) is 0.916. The second-order valence-corrected chi connectivity index (χ2v) is 8.90. The molecule has 0 saturated carbocycles. The minimum absolute atomic E-state index is 0.0293. The molecule has 31 heavy (non-hydrogen) atoms. The molecular formula is C21H24N4O5S. The number of rotatable bonds is 6. The van der Waals surface area contributed by atoms with Crippen LogP contribution in [0.4, 0.5) is 0 Å². The molecule has 164 valence electrons. The highest BCUT2D eigenvalue weighted by atomic mass is 32.2. The van der Waals surface area contributed by atoms with Gasteiger partial charge in [-0.15, -0.1) is 0 Å². The van der Waals surface area contributed by atoms with Crippen LogP contribution in [0.15, 0.2) is 65.6 Å². The summed E-state index contributed by atoms with van der Waals surface area (Å²) in [6, 6.07) is 16.6. The third-order valence-electron chi connectivity index (χ3n) is 4.89. The standard InChI is InChI=1S/C21H24N4O5S/c26-19(22-23-21(28)17-7-3-1-4-8-17)11-12-20(27)24-13-15-25(16-14-24)31(29,30)18-9-5-2-6-10-18/h1-10H,11-16H2,(H,22,26)(H,23,28). The summed E-state index contributed by atoms with van der Waals surface area (Å²) in [5, 5.41) is 0. The summed E-state index contributed by atoms with van der Waals surface area (Å²) in [7, 11) is -3.58. The molecule has 3 rings (SSSR count). The van der Waals surface area contributed by atoms with Gasteiger partial charge < -0.3 is 4.90 Å². The van der Waals surface area contributed by atoms with Crippen molar-refractivity contribution in [3.8, 4) is 0 Å². The first-order valence-corrected chi connectivity index (χ1v) is 11.3. The van der Waals surface area contributed by atoms with E-state index in [4.69, 9.17) is 0 Å². The lowest BCUT2D eigenvalue weighted by atomic mass is 10.2.